The van der Waals surface area contributed by atoms with Crippen molar-refractivity contribution in [2.75, 3.05) is 13.2 Å². The molecule has 0 heterocycles. The Hall–Kier alpha value is 0.1000. The Kier molecular flexibility index (Phi) is 7.07. The molecule has 7 N–H and O–H groups in total. The van der Waals surface area contributed by atoms with Crippen molar-refractivity contribution in [3.63, 3.8) is 0 Å². The van der Waals surface area contributed by atoms with E-state index in [9.17, 15) is 14.2 Å². The van der Waals surface area contributed by atoms with E-state index >= 15 is 0 Å². The van der Waals surface area contributed by atoms with Crippen LogP contribution in [0.1, 0.15) is 0 Å². The fraction of sp³-hybridized carbons (Fsp3) is 1.00. The first kappa shape index (κ1) is 18.1. The standard InChI is InChI=1S/C5H14O11P2/c6-1-3(15-17(9,10)11)5(8)4(2-7)16-18(12,13)14/h3-8H,1-2H2,(H2,9,10,11)(H2,12,13,14)/t3-,4-/m1/s1. The Morgan fingerprint density at radius 2 is 1.11 bits per heavy atom. The van der Waals surface area contributed by atoms with Gasteiger partial charge in [-0.25, -0.2) is 9.13 Å². The van der Waals surface area contributed by atoms with Gasteiger partial charge in [-0.05, 0) is 0 Å². The van der Waals surface area contributed by atoms with Crippen LogP contribution >= 0.6 is 15.6 Å². The highest BCUT2D eigenvalue weighted by atomic mass is 31.2. The van der Waals surface area contributed by atoms with E-state index in [-0.39, 0.29) is 0 Å². The summed E-state index contributed by atoms with van der Waals surface area (Å²) in [6, 6.07) is 0. The maximum Gasteiger partial charge on any atom is 0.470 e. The summed E-state index contributed by atoms with van der Waals surface area (Å²) in [6.45, 7) is -2.15. The third-order valence-electron chi connectivity index (χ3n) is 1.67. The Morgan fingerprint density at radius 3 is 1.28 bits per heavy atom. The highest BCUT2D eigenvalue weighted by Gasteiger charge is 2.36. The number of rotatable bonds is 8. The van der Waals surface area contributed by atoms with E-state index < -0.39 is 47.2 Å². The van der Waals surface area contributed by atoms with Gasteiger partial charge in [-0.2, -0.15) is 0 Å². The van der Waals surface area contributed by atoms with Crippen molar-refractivity contribution in [1.29, 1.82) is 0 Å². The van der Waals surface area contributed by atoms with Gasteiger partial charge in [0.2, 0.25) is 0 Å². The highest BCUT2D eigenvalue weighted by Crippen LogP contribution is 2.41. The maximum atomic E-state index is 10.5. The topological polar surface area (TPSA) is 194 Å². The average molecular weight is 312 g/mol. The van der Waals surface area contributed by atoms with Gasteiger partial charge in [0.05, 0.1) is 13.2 Å². The zero-order valence-corrected chi connectivity index (χ0v) is 10.6. The molecule has 0 aliphatic carbocycles. The lowest BCUT2D eigenvalue weighted by Gasteiger charge is -2.27. The van der Waals surface area contributed by atoms with Crippen molar-refractivity contribution >= 4 is 15.6 Å². The van der Waals surface area contributed by atoms with Crippen LogP contribution in [0.25, 0.3) is 0 Å². The van der Waals surface area contributed by atoms with Gasteiger partial charge in [0.1, 0.15) is 18.3 Å². The van der Waals surface area contributed by atoms with E-state index in [1.54, 1.807) is 0 Å². The van der Waals surface area contributed by atoms with Gasteiger partial charge in [-0.1, -0.05) is 0 Å². The van der Waals surface area contributed by atoms with Crippen LogP contribution in [0, 0.1) is 0 Å². The maximum absolute atomic E-state index is 10.5. The third kappa shape index (κ3) is 7.52. The van der Waals surface area contributed by atoms with Crippen LogP contribution < -0.4 is 0 Å². The van der Waals surface area contributed by atoms with Gasteiger partial charge in [0.15, 0.2) is 0 Å². The van der Waals surface area contributed by atoms with E-state index in [0.29, 0.717) is 0 Å². The first-order valence-corrected chi connectivity index (χ1v) is 7.44. The molecule has 0 bridgehead atoms. The molecule has 2 atom stereocenters. The van der Waals surface area contributed by atoms with E-state index in [1.165, 1.54) is 0 Å². The molecule has 0 aromatic heterocycles. The summed E-state index contributed by atoms with van der Waals surface area (Å²) in [5.41, 5.74) is 0. The minimum Gasteiger partial charge on any atom is -0.394 e. The van der Waals surface area contributed by atoms with Crippen LogP contribution in [0.15, 0.2) is 0 Å². The van der Waals surface area contributed by atoms with Gasteiger partial charge < -0.3 is 34.9 Å². The molecule has 0 rings (SSSR count). The lowest BCUT2D eigenvalue weighted by Crippen LogP contribution is -2.43. The Morgan fingerprint density at radius 1 is 0.833 bits per heavy atom. The van der Waals surface area contributed by atoms with Crippen molar-refractivity contribution in [2.45, 2.75) is 18.3 Å². The summed E-state index contributed by atoms with van der Waals surface area (Å²) in [6.07, 6.45) is -5.86. The molecule has 0 amide bonds. The molecule has 13 heteroatoms. The second-order valence-corrected chi connectivity index (χ2v) is 5.51. The molecule has 0 aromatic carbocycles. The normalized spacial score (nSPS) is 16.9. The van der Waals surface area contributed by atoms with E-state index in [1.807, 2.05) is 0 Å². The molecular formula is C5H14O11P2. The predicted octanol–water partition coefficient (Wildman–Crippen LogP) is -2.71. The molecule has 0 aliphatic heterocycles. The van der Waals surface area contributed by atoms with Crippen molar-refractivity contribution in [1.82, 2.24) is 0 Å². The van der Waals surface area contributed by atoms with E-state index in [2.05, 4.69) is 9.05 Å². The van der Waals surface area contributed by atoms with Crippen molar-refractivity contribution in [2.24, 2.45) is 0 Å². The van der Waals surface area contributed by atoms with Crippen molar-refractivity contribution < 1.29 is 53.1 Å². The summed E-state index contributed by atoms with van der Waals surface area (Å²) in [7, 11) is -10.1. The van der Waals surface area contributed by atoms with Gasteiger partial charge in [-0.3, -0.25) is 9.05 Å². The predicted molar refractivity (Wildman–Crippen MR) is 54.0 cm³/mol. The average Bonchev–Trinajstić information content (AvgIpc) is 2.19. The first-order valence-electron chi connectivity index (χ1n) is 4.38. The van der Waals surface area contributed by atoms with Crippen LogP contribution in [0.5, 0.6) is 0 Å². The summed E-state index contributed by atoms with van der Waals surface area (Å²) in [4.78, 5) is 33.9. The molecule has 0 aromatic rings. The van der Waals surface area contributed by atoms with Crippen LogP contribution in [-0.4, -0.2) is 66.4 Å². The molecule has 0 aliphatic rings. The fourth-order valence-corrected chi connectivity index (χ4v) is 2.09. The fourth-order valence-electron chi connectivity index (χ4n) is 1.000. The molecule has 110 valence electrons. The molecule has 11 nitrogen and oxygen atoms in total. The van der Waals surface area contributed by atoms with Crippen molar-refractivity contribution in [3.05, 3.63) is 0 Å². The zero-order chi connectivity index (χ0) is 14.6. The second kappa shape index (κ2) is 7.04. The van der Waals surface area contributed by atoms with Crippen LogP contribution in [0.4, 0.5) is 0 Å². The Labute approximate surface area is 101 Å². The molecule has 0 saturated carbocycles. The number of aliphatic hydroxyl groups is 3. The van der Waals surface area contributed by atoms with Crippen LogP contribution in [0.2, 0.25) is 0 Å². The smallest absolute Gasteiger partial charge is 0.394 e. The Balaban J connectivity index is 4.78. The summed E-state index contributed by atoms with van der Waals surface area (Å²) in [5.74, 6) is 0. The lowest BCUT2D eigenvalue weighted by molar-refractivity contribution is -0.0843. The van der Waals surface area contributed by atoms with Gasteiger partial charge >= 0.3 is 15.6 Å². The second-order valence-electron chi connectivity index (χ2n) is 3.12. The number of hydrogen-bond acceptors (Lipinski definition) is 7. The minimum absolute atomic E-state index is 1.08. The molecule has 18 heavy (non-hydrogen) atoms. The summed E-state index contributed by atoms with van der Waals surface area (Å²) >= 11 is 0. The lowest BCUT2D eigenvalue weighted by atomic mass is 10.1. The van der Waals surface area contributed by atoms with E-state index in [4.69, 9.17) is 29.8 Å². The molecule has 0 fully saturated rings. The monoisotopic (exact) mass is 312 g/mol. The molecule has 0 saturated heterocycles. The van der Waals surface area contributed by atoms with Crippen molar-refractivity contribution in [3.8, 4) is 0 Å². The molecular weight excluding hydrogens is 298 g/mol. The van der Waals surface area contributed by atoms with Crippen LogP contribution in [0.3, 0.4) is 0 Å². The minimum atomic E-state index is -5.04. The van der Waals surface area contributed by atoms with Gasteiger partial charge in [0.25, 0.3) is 0 Å². The number of aliphatic hydroxyl groups excluding tert-OH is 3. The van der Waals surface area contributed by atoms with E-state index in [0.717, 1.165) is 0 Å². The Bertz CT molecular complexity index is 300. The zero-order valence-electron chi connectivity index (χ0n) is 8.80. The number of phosphoric ester groups is 2. The highest BCUT2D eigenvalue weighted by molar-refractivity contribution is 7.46. The van der Waals surface area contributed by atoms with Gasteiger partial charge in [0, 0.05) is 0 Å². The third-order valence-corrected chi connectivity index (χ3v) is 2.76. The molecule has 0 radical (unpaired) electrons. The summed E-state index contributed by atoms with van der Waals surface area (Å²) < 4.78 is 28.9. The quantitative estimate of drug-likeness (QED) is 0.230. The SMILES string of the molecule is O=P(O)(O)O[C@H](CO)C(O)[C@@H](CO)OP(=O)(O)O. The largest absolute Gasteiger partial charge is 0.470 e. The first-order chi connectivity index (χ1) is 8.00. The van der Waals surface area contributed by atoms with Gasteiger partial charge in [-0.15, -0.1) is 0 Å². The number of hydrogen-bond donors (Lipinski definition) is 7. The number of phosphoric acid groups is 2. The summed E-state index contributed by atoms with van der Waals surface area (Å²) in [5, 5.41) is 26.9. The molecule has 0 spiro atoms. The molecule has 0 unspecified atom stereocenters. The van der Waals surface area contributed by atoms with Crippen LogP contribution in [-0.2, 0) is 18.2 Å².